The van der Waals surface area contributed by atoms with Gasteiger partial charge in [-0.2, -0.15) is 0 Å². The number of aryl methyl sites for hydroxylation is 2. The smallest absolute Gasteiger partial charge is 0.119 e. The maximum Gasteiger partial charge on any atom is 0.119 e. The quantitative estimate of drug-likeness (QED) is 0.928. The standard InChI is InChI=1S/C15H20N2OS/c1-9(2)18-13-7-5-12(6-8-13)14(16)15-17-10(3)11(4)19-15/h5-9,14H,16H2,1-4H3. The largest absolute Gasteiger partial charge is 0.491 e. The van der Waals surface area contributed by atoms with Crippen LogP contribution >= 0.6 is 11.3 Å². The molecule has 0 saturated heterocycles. The third-order valence-corrected chi connectivity index (χ3v) is 4.08. The van der Waals surface area contributed by atoms with Gasteiger partial charge in [0.2, 0.25) is 0 Å². The van der Waals surface area contributed by atoms with E-state index in [2.05, 4.69) is 11.9 Å². The Morgan fingerprint density at radius 2 is 1.79 bits per heavy atom. The van der Waals surface area contributed by atoms with Gasteiger partial charge >= 0.3 is 0 Å². The molecule has 4 heteroatoms. The van der Waals surface area contributed by atoms with Gasteiger partial charge in [0.1, 0.15) is 10.8 Å². The van der Waals surface area contributed by atoms with E-state index < -0.39 is 0 Å². The van der Waals surface area contributed by atoms with Gasteiger partial charge in [-0.25, -0.2) is 4.98 Å². The Balaban J connectivity index is 2.17. The highest BCUT2D eigenvalue weighted by atomic mass is 32.1. The zero-order valence-corrected chi connectivity index (χ0v) is 12.6. The molecule has 19 heavy (non-hydrogen) atoms. The monoisotopic (exact) mass is 276 g/mol. The molecule has 0 aliphatic carbocycles. The Hall–Kier alpha value is -1.39. The van der Waals surface area contributed by atoms with Crippen molar-refractivity contribution < 1.29 is 4.74 Å². The number of aromatic nitrogens is 1. The van der Waals surface area contributed by atoms with Crippen LogP contribution in [0.2, 0.25) is 0 Å². The number of ether oxygens (including phenoxy) is 1. The Morgan fingerprint density at radius 1 is 1.16 bits per heavy atom. The molecule has 0 spiro atoms. The van der Waals surface area contributed by atoms with Gasteiger partial charge in [-0.05, 0) is 45.4 Å². The lowest BCUT2D eigenvalue weighted by atomic mass is 10.1. The second-order valence-electron chi connectivity index (χ2n) is 4.91. The second kappa shape index (κ2) is 5.72. The SMILES string of the molecule is Cc1nc(C(N)c2ccc(OC(C)C)cc2)sc1C. The summed E-state index contributed by atoms with van der Waals surface area (Å²) in [6.07, 6.45) is 0.184. The van der Waals surface area contributed by atoms with E-state index in [4.69, 9.17) is 10.5 Å². The molecule has 0 saturated carbocycles. The van der Waals surface area contributed by atoms with Crippen molar-refractivity contribution in [3.63, 3.8) is 0 Å². The zero-order chi connectivity index (χ0) is 14.0. The van der Waals surface area contributed by atoms with Crippen LogP contribution < -0.4 is 10.5 Å². The van der Waals surface area contributed by atoms with Crippen LogP contribution in [0.3, 0.4) is 0 Å². The van der Waals surface area contributed by atoms with E-state index in [9.17, 15) is 0 Å². The van der Waals surface area contributed by atoms with Crippen molar-refractivity contribution in [2.45, 2.75) is 39.8 Å². The molecule has 2 N–H and O–H groups in total. The Kier molecular flexibility index (Phi) is 4.22. The van der Waals surface area contributed by atoms with Crippen LogP contribution in [0.1, 0.15) is 41.0 Å². The first kappa shape index (κ1) is 14.0. The molecular weight excluding hydrogens is 256 g/mol. The minimum Gasteiger partial charge on any atom is -0.491 e. The van der Waals surface area contributed by atoms with Crippen LogP contribution in [0, 0.1) is 13.8 Å². The van der Waals surface area contributed by atoms with Crippen molar-refractivity contribution in [2.75, 3.05) is 0 Å². The van der Waals surface area contributed by atoms with Gasteiger partial charge in [0.25, 0.3) is 0 Å². The fourth-order valence-electron chi connectivity index (χ4n) is 1.80. The average molecular weight is 276 g/mol. The number of nitrogens with zero attached hydrogens (tertiary/aromatic N) is 1. The predicted molar refractivity (Wildman–Crippen MR) is 79.8 cm³/mol. The molecule has 102 valence electrons. The van der Waals surface area contributed by atoms with Gasteiger partial charge < -0.3 is 10.5 Å². The summed E-state index contributed by atoms with van der Waals surface area (Å²) in [5.41, 5.74) is 8.38. The van der Waals surface area contributed by atoms with Crippen molar-refractivity contribution in [3.05, 3.63) is 45.4 Å². The van der Waals surface area contributed by atoms with E-state index >= 15 is 0 Å². The maximum atomic E-state index is 6.26. The minimum absolute atomic E-state index is 0.162. The van der Waals surface area contributed by atoms with E-state index in [0.717, 1.165) is 22.0 Å². The first-order valence-corrected chi connectivity index (χ1v) is 7.25. The number of nitrogens with two attached hydrogens (primary N) is 1. The van der Waals surface area contributed by atoms with Crippen LogP contribution in [0.4, 0.5) is 0 Å². The third kappa shape index (κ3) is 3.33. The number of thiazole rings is 1. The van der Waals surface area contributed by atoms with E-state index in [1.807, 2.05) is 45.0 Å². The molecule has 0 amide bonds. The first-order valence-electron chi connectivity index (χ1n) is 6.43. The summed E-state index contributed by atoms with van der Waals surface area (Å²) >= 11 is 1.66. The molecule has 0 aliphatic rings. The predicted octanol–water partition coefficient (Wildman–Crippen LogP) is 3.60. The molecule has 2 rings (SSSR count). The average Bonchev–Trinajstić information content (AvgIpc) is 2.69. The zero-order valence-electron chi connectivity index (χ0n) is 11.8. The van der Waals surface area contributed by atoms with Gasteiger partial charge in [-0.3, -0.25) is 0 Å². The van der Waals surface area contributed by atoms with Crippen LogP contribution in [-0.4, -0.2) is 11.1 Å². The van der Waals surface area contributed by atoms with Crippen molar-refractivity contribution in [1.29, 1.82) is 0 Å². The van der Waals surface area contributed by atoms with E-state index in [-0.39, 0.29) is 12.1 Å². The molecule has 1 aromatic carbocycles. The third-order valence-electron chi connectivity index (χ3n) is 2.92. The minimum atomic E-state index is -0.162. The van der Waals surface area contributed by atoms with Crippen LogP contribution in [-0.2, 0) is 0 Å². The fraction of sp³-hybridized carbons (Fsp3) is 0.400. The van der Waals surface area contributed by atoms with E-state index in [1.54, 1.807) is 11.3 Å². The first-order chi connectivity index (χ1) is 8.97. The summed E-state index contributed by atoms with van der Waals surface area (Å²) in [7, 11) is 0. The van der Waals surface area contributed by atoms with Gasteiger partial charge in [-0.15, -0.1) is 11.3 Å². The molecule has 3 nitrogen and oxygen atoms in total. The highest BCUT2D eigenvalue weighted by molar-refractivity contribution is 7.11. The van der Waals surface area contributed by atoms with Crippen molar-refractivity contribution in [1.82, 2.24) is 4.98 Å². The van der Waals surface area contributed by atoms with Crippen molar-refractivity contribution in [2.24, 2.45) is 5.73 Å². The Bertz CT molecular complexity index is 526. The number of hydrogen-bond donors (Lipinski definition) is 1. The van der Waals surface area contributed by atoms with Gasteiger partial charge in [0.05, 0.1) is 17.8 Å². The van der Waals surface area contributed by atoms with Gasteiger partial charge in [-0.1, -0.05) is 12.1 Å². The molecule has 0 aliphatic heterocycles. The molecule has 1 unspecified atom stereocenters. The van der Waals surface area contributed by atoms with Crippen LogP contribution in [0.25, 0.3) is 0 Å². The highest BCUT2D eigenvalue weighted by Crippen LogP contribution is 2.27. The molecule has 0 radical (unpaired) electrons. The number of hydrogen-bond acceptors (Lipinski definition) is 4. The van der Waals surface area contributed by atoms with E-state index in [0.29, 0.717) is 0 Å². The lowest BCUT2D eigenvalue weighted by Gasteiger charge is -2.12. The molecule has 1 aromatic heterocycles. The Labute approximate surface area is 118 Å². The Morgan fingerprint density at radius 3 is 2.26 bits per heavy atom. The summed E-state index contributed by atoms with van der Waals surface area (Å²) in [6.45, 7) is 8.12. The lowest BCUT2D eigenvalue weighted by Crippen LogP contribution is -2.12. The number of benzene rings is 1. The summed E-state index contributed by atoms with van der Waals surface area (Å²) in [5.74, 6) is 0.873. The maximum absolute atomic E-state index is 6.26. The topological polar surface area (TPSA) is 48.1 Å². The number of rotatable bonds is 4. The molecule has 0 fully saturated rings. The molecule has 0 bridgehead atoms. The summed E-state index contributed by atoms with van der Waals surface area (Å²) in [6, 6.07) is 7.78. The molecule has 2 aromatic rings. The van der Waals surface area contributed by atoms with Crippen LogP contribution in [0.15, 0.2) is 24.3 Å². The van der Waals surface area contributed by atoms with E-state index in [1.165, 1.54) is 4.88 Å². The molecule has 1 heterocycles. The molecular formula is C15H20N2OS. The normalized spacial score (nSPS) is 12.7. The summed E-state index contributed by atoms with van der Waals surface area (Å²) < 4.78 is 5.62. The van der Waals surface area contributed by atoms with Gasteiger partial charge in [0.15, 0.2) is 0 Å². The second-order valence-corrected chi connectivity index (χ2v) is 6.14. The van der Waals surface area contributed by atoms with Gasteiger partial charge in [0, 0.05) is 4.88 Å². The highest BCUT2D eigenvalue weighted by Gasteiger charge is 2.14. The van der Waals surface area contributed by atoms with Crippen LogP contribution in [0.5, 0.6) is 5.75 Å². The molecule has 1 atom stereocenters. The summed E-state index contributed by atoms with van der Waals surface area (Å²) in [5, 5.41) is 0.965. The van der Waals surface area contributed by atoms with Crippen molar-refractivity contribution in [3.8, 4) is 5.75 Å². The fourth-order valence-corrected chi connectivity index (χ4v) is 2.75. The van der Waals surface area contributed by atoms with Crippen molar-refractivity contribution >= 4 is 11.3 Å². The summed E-state index contributed by atoms with van der Waals surface area (Å²) in [4.78, 5) is 5.75. The lowest BCUT2D eigenvalue weighted by molar-refractivity contribution is 0.242.